The van der Waals surface area contributed by atoms with Gasteiger partial charge in [-0.3, -0.25) is 4.79 Å². The minimum Gasteiger partial charge on any atom is -0.345 e. The summed E-state index contributed by atoms with van der Waals surface area (Å²) in [5, 5.41) is 3.77. The van der Waals surface area contributed by atoms with Crippen molar-refractivity contribution in [1.29, 1.82) is 0 Å². The van der Waals surface area contributed by atoms with Gasteiger partial charge >= 0.3 is 0 Å². The van der Waals surface area contributed by atoms with Crippen molar-refractivity contribution in [3.63, 3.8) is 0 Å². The molecular formula is C13H17ClN2O. The fourth-order valence-electron chi connectivity index (χ4n) is 2.13. The first-order valence-corrected chi connectivity index (χ1v) is 6.25. The average molecular weight is 253 g/mol. The summed E-state index contributed by atoms with van der Waals surface area (Å²) < 4.78 is 0. The van der Waals surface area contributed by atoms with Crippen molar-refractivity contribution in [2.75, 3.05) is 0 Å². The van der Waals surface area contributed by atoms with Gasteiger partial charge in [0, 0.05) is 5.02 Å². The van der Waals surface area contributed by atoms with E-state index in [2.05, 4.69) is 5.32 Å². The number of hydrogen-bond acceptors (Lipinski definition) is 2. The second kappa shape index (κ2) is 4.67. The lowest BCUT2D eigenvalue weighted by atomic mass is 9.71. The van der Waals surface area contributed by atoms with Crippen molar-refractivity contribution in [3.8, 4) is 0 Å². The van der Waals surface area contributed by atoms with Crippen molar-refractivity contribution in [2.24, 2.45) is 5.73 Å². The molecule has 1 amide bonds. The SMILES string of the molecule is CC(N)C(=O)NC1(c2ccc(Cl)cc2)CCC1. The predicted octanol–water partition coefficient (Wildman–Crippen LogP) is 2.18. The molecule has 0 saturated heterocycles. The van der Waals surface area contributed by atoms with E-state index >= 15 is 0 Å². The van der Waals surface area contributed by atoms with Gasteiger partial charge in [-0.25, -0.2) is 0 Å². The molecule has 4 heteroatoms. The van der Waals surface area contributed by atoms with Crippen LogP contribution in [0.3, 0.4) is 0 Å². The monoisotopic (exact) mass is 252 g/mol. The van der Waals surface area contributed by atoms with Crippen LogP contribution in [0, 0.1) is 0 Å². The molecule has 0 radical (unpaired) electrons. The van der Waals surface area contributed by atoms with E-state index in [9.17, 15) is 4.79 Å². The van der Waals surface area contributed by atoms with E-state index in [-0.39, 0.29) is 11.4 Å². The molecule has 1 aliphatic rings. The van der Waals surface area contributed by atoms with Crippen LogP contribution in [0.1, 0.15) is 31.7 Å². The van der Waals surface area contributed by atoms with E-state index in [4.69, 9.17) is 17.3 Å². The smallest absolute Gasteiger partial charge is 0.237 e. The minimum atomic E-state index is -0.472. The van der Waals surface area contributed by atoms with Gasteiger partial charge in [0.05, 0.1) is 11.6 Å². The lowest BCUT2D eigenvalue weighted by Crippen LogP contribution is -2.54. The number of nitrogens with one attached hydrogen (secondary N) is 1. The summed E-state index contributed by atoms with van der Waals surface area (Å²) in [6.07, 6.45) is 3.06. The number of benzene rings is 1. The molecule has 0 heterocycles. The zero-order valence-electron chi connectivity index (χ0n) is 9.87. The first-order valence-electron chi connectivity index (χ1n) is 5.87. The molecule has 1 aromatic carbocycles. The van der Waals surface area contributed by atoms with Gasteiger partial charge in [-0.05, 0) is 43.9 Å². The minimum absolute atomic E-state index is 0.0975. The summed E-state index contributed by atoms with van der Waals surface area (Å²) in [6, 6.07) is 7.19. The first kappa shape index (κ1) is 12.4. The molecule has 1 saturated carbocycles. The van der Waals surface area contributed by atoms with E-state index in [0.29, 0.717) is 5.02 Å². The molecule has 0 aromatic heterocycles. The van der Waals surface area contributed by atoms with Gasteiger partial charge in [-0.1, -0.05) is 23.7 Å². The lowest BCUT2D eigenvalue weighted by Gasteiger charge is -2.43. The molecule has 2 rings (SSSR count). The quantitative estimate of drug-likeness (QED) is 0.866. The summed E-state index contributed by atoms with van der Waals surface area (Å²) in [5.41, 5.74) is 6.48. The Bertz CT molecular complexity index is 410. The van der Waals surface area contributed by atoms with Gasteiger partial charge in [0.25, 0.3) is 0 Å². The van der Waals surface area contributed by atoms with Gasteiger partial charge in [0.1, 0.15) is 0 Å². The van der Waals surface area contributed by atoms with Crippen molar-refractivity contribution >= 4 is 17.5 Å². The highest BCUT2D eigenvalue weighted by Crippen LogP contribution is 2.41. The first-order chi connectivity index (χ1) is 8.03. The molecule has 0 spiro atoms. The highest BCUT2D eigenvalue weighted by molar-refractivity contribution is 6.30. The van der Waals surface area contributed by atoms with E-state index < -0.39 is 6.04 Å². The van der Waals surface area contributed by atoms with Crippen molar-refractivity contribution in [2.45, 2.75) is 37.8 Å². The zero-order chi connectivity index (χ0) is 12.5. The van der Waals surface area contributed by atoms with Crippen LogP contribution in [-0.2, 0) is 10.3 Å². The number of carbonyl (C=O) groups excluding carboxylic acids is 1. The summed E-state index contributed by atoms with van der Waals surface area (Å²) in [7, 11) is 0. The second-order valence-electron chi connectivity index (χ2n) is 4.72. The molecule has 1 unspecified atom stereocenters. The highest BCUT2D eigenvalue weighted by atomic mass is 35.5. The van der Waals surface area contributed by atoms with Gasteiger partial charge in [0.2, 0.25) is 5.91 Å². The number of carbonyl (C=O) groups is 1. The molecule has 1 aliphatic carbocycles. The third-order valence-corrected chi connectivity index (χ3v) is 3.63. The largest absolute Gasteiger partial charge is 0.345 e. The standard InChI is InChI=1S/C13H17ClN2O/c1-9(15)12(17)16-13(7-2-8-13)10-3-5-11(14)6-4-10/h3-6,9H,2,7-8,15H2,1H3,(H,16,17). The van der Waals surface area contributed by atoms with E-state index in [1.54, 1.807) is 6.92 Å². The van der Waals surface area contributed by atoms with E-state index in [1.165, 1.54) is 0 Å². The number of rotatable bonds is 3. The number of nitrogens with two attached hydrogens (primary N) is 1. The van der Waals surface area contributed by atoms with Crippen LogP contribution in [0.5, 0.6) is 0 Å². The van der Waals surface area contributed by atoms with Gasteiger partial charge < -0.3 is 11.1 Å². The zero-order valence-corrected chi connectivity index (χ0v) is 10.6. The second-order valence-corrected chi connectivity index (χ2v) is 5.16. The van der Waals surface area contributed by atoms with Gasteiger partial charge in [0.15, 0.2) is 0 Å². The Morgan fingerprint density at radius 2 is 2.00 bits per heavy atom. The van der Waals surface area contributed by atoms with E-state index in [0.717, 1.165) is 24.8 Å². The fraction of sp³-hybridized carbons (Fsp3) is 0.462. The van der Waals surface area contributed by atoms with Crippen LogP contribution in [0.4, 0.5) is 0 Å². The normalized spacial score (nSPS) is 19.2. The summed E-state index contributed by atoms with van der Waals surface area (Å²) in [5.74, 6) is -0.0975. The lowest BCUT2D eigenvalue weighted by molar-refractivity contribution is -0.125. The molecule has 3 nitrogen and oxygen atoms in total. The summed E-state index contributed by atoms with van der Waals surface area (Å²) >= 11 is 5.87. The Morgan fingerprint density at radius 1 is 1.41 bits per heavy atom. The topological polar surface area (TPSA) is 55.1 Å². The van der Waals surface area contributed by atoms with Crippen LogP contribution in [0.15, 0.2) is 24.3 Å². The maximum atomic E-state index is 11.7. The van der Waals surface area contributed by atoms with Crippen LogP contribution >= 0.6 is 11.6 Å². The Balaban J connectivity index is 2.20. The maximum Gasteiger partial charge on any atom is 0.237 e. The summed E-state index contributed by atoms with van der Waals surface area (Å²) in [6.45, 7) is 1.70. The Labute approximate surface area is 106 Å². The van der Waals surface area contributed by atoms with Crippen molar-refractivity contribution in [3.05, 3.63) is 34.9 Å². The molecule has 1 atom stereocenters. The predicted molar refractivity (Wildman–Crippen MR) is 68.8 cm³/mol. The maximum absolute atomic E-state index is 11.7. The Morgan fingerprint density at radius 3 is 2.41 bits per heavy atom. The van der Waals surface area contributed by atoms with Crippen molar-refractivity contribution in [1.82, 2.24) is 5.32 Å². The van der Waals surface area contributed by atoms with Gasteiger partial charge in [-0.2, -0.15) is 0 Å². The number of hydrogen-bond donors (Lipinski definition) is 2. The van der Waals surface area contributed by atoms with Crippen LogP contribution in [0.25, 0.3) is 0 Å². The highest BCUT2D eigenvalue weighted by Gasteiger charge is 2.40. The molecule has 0 bridgehead atoms. The molecule has 17 heavy (non-hydrogen) atoms. The number of amides is 1. The van der Waals surface area contributed by atoms with Crippen LogP contribution < -0.4 is 11.1 Å². The third kappa shape index (κ3) is 2.45. The van der Waals surface area contributed by atoms with Crippen LogP contribution in [-0.4, -0.2) is 11.9 Å². The molecule has 3 N–H and O–H groups in total. The number of halogens is 1. The summed E-state index contributed by atoms with van der Waals surface area (Å²) in [4.78, 5) is 11.7. The molecular weight excluding hydrogens is 236 g/mol. The average Bonchev–Trinajstić information content (AvgIpc) is 2.24. The van der Waals surface area contributed by atoms with Gasteiger partial charge in [-0.15, -0.1) is 0 Å². The Kier molecular flexibility index (Phi) is 3.40. The van der Waals surface area contributed by atoms with Crippen molar-refractivity contribution < 1.29 is 4.79 Å². The molecule has 1 fully saturated rings. The van der Waals surface area contributed by atoms with Crippen LogP contribution in [0.2, 0.25) is 5.02 Å². The Hall–Kier alpha value is -1.06. The molecule has 1 aromatic rings. The third-order valence-electron chi connectivity index (χ3n) is 3.38. The molecule has 0 aliphatic heterocycles. The van der Waals surface area contributed by atoms with E-state index in [1.807, 2.05) is 24.3 Å². The molecule has 92 valence electrons. The fourth-order valence-corrected chi connectivity index (χ4v) is 2.26.